The smallest absolute Gasteiger partial charge is 0.252 e. The number of hydrogen-bond donors (Lipinski definition) is 2. The van der Waals surface area contributed by atoms with E-state index in [0.29, 0.717) is 17.9 Å². The zero-order valence-corrected chi connectivity index (χ0v) is 17.6. The number of benzene rings is 2. The average Bonchev–Trinajstić information content (AvgIpc) is 2.82. The quantitative estimate of drug-likeness (QED) is 0.618. The first-order valence-corrected chi connectivity index (χ1v) is 10.5. The summed E-state index contributed by atoms with van der Waals surface area (Å²) in [5.74, 6) is 0.496. The van der Waals surface area contributed by atoms with Gasteiger partial charge in [0.15, 0.2) is 0 Å². The Morgan fingerprint density at radius 1 is 1.13 bits per heavy atom. The summed E-state index contributed by atoms with van der Waals surface area (Å²) in [5.41, 5.74) is 4.97. The van der Waals surface area contributed by atoms with E-state index in [9.17, 15) is 9.90 Å². The standard InChI is InChI=1S/C25H27N3O3/c1-26-25(30)22-11-21(13-27-14-22)19-7-4-8-24(12-19)31-17-23(29)16-28-10-9-18-5-2-3-6-20(18)15-28/h2-8,11-14,23,29H,9-10,15-17H2,1H3,(H,26,30). The predicted octanol–water partition coefficient (Wildman–Crippen LogP) is 2.91. The van der Waals surface area contributed by atoms with Gasteiger partial charge in [-0.25, -0.2) is 0 Å². The largest absolute Gasteiger partial charge is 0.491 e. The summed E-state index contributed by atoms with van der Waals surface area (Å²) < 4.78 is 5.86. The first-order chi connectivity index (χ1) is 15.1. The van der Waals surface area contributed by atoms with Crippen molar-refractivity contribution in [3.8, 4) is 16.9 Å². The maximum Gasteiger partial charge on any atom is 0.252 e. The fraction of sp³-hybridized carbons (Fsp3) is 0.280. The summed E-state index contributed by atoms with van der Waals surface area (Å²) in [6, 6.07) is 17.9. The van der Waals surface area contributed by atoms with Gasteiger partial charge in [-0.15, -0.1) is 0 Å². The molecule has 1 amide bonds. The number of hydrogen-bond acceptors (Lipinski definition) is 5. The maximum atomic E-state index is 11.9. The van der Waals surface area contributed by atoms with Gasteiger partial charge < -0.3 is 15.2 Å². The molecule has 4 rings (SSSR count). The van der Waals surface area contributed by atoms with E-state index in [1.807, 2.05) is 24.3 Å². The Kier molecular flexibility index (Phi) is 6.60. The Balaban J connectivity index is 1.35. The zero-order valence-electron chi connectivity index (χ0n) is 17.6. The summed E-state index contributed by atoms with van der Waals surface area (Å²) in [7, 11) is 1.59. The van der Waals surface area contributed by atoms with Crippen molar-refractivity contribution in [1.29, 1.82) is 0 Å². The topological polar surface area (TPSA) is 74.7 Å². The number of β-amino-alcohol motifs (C(OH)–C–C–N with tert-alkyl or cyclic N) is 1. The van der Waals surface area contributed by atoms with Crippen LogP contribution in [0, 0.1) is 0 Å². The molecule has 1 atom stereocenters. The lowest BCUT2D eigenvalue weighted by Crippen LogP contribution is -2.38. The van der Waals surface area contributed by atoms with E-state index in [1.54, 1.807) is 19.3 Å². The minimum Gasteiger partial charge on any atom is -0.491 e. The molecule has 6 heteroatoms. The molecule has 2 heterocycles. The molecule has 160 valence electrons. The van der Waals surface area contributed by atoms with Gasteiger partial charge in [-0.3, -0.25) is 14.7 Å². The third-order valence-corrected chi connectivity index (χ3v) is 5.52. The third-order valence-electron chi connectivity index (χ3n) is 5.52. The number of aliphatic hydroxyl groups is 1. The number of amides is 1. The highest BCUT2D eigenvalue weighted by Gasteiger charge is 2.18. The van der Waals surface area contributed by atoms with Gasteiger partial charge in [0, 0.05) is 44.6 Å². The molecular weight excluding hydrogens is 390 g/mol. The molecule has 6 nitrogen and oxygen atoms in total. The van der Waals surface area contributed by atoms with E-state index in [0.717, 1.165) is 30.6 Å². The van der Waals surface area contributed by atoms with Gasteiger partial charge in [0.05, 0.1) is 5.56 Å². The minimum absolute atomic E-state index is 0.176. The van der Waals surface area contributed by atoms with E-state index in [-0.39, 0.29) is 12.5 Å². The second kappa shape index (κ2) is 9.73. The Labute approximate surface area is 182 Å². The molecule has 1 aliphatic heterocycles. The van der Waals surface area contributed by atoms with Crippen molar-refractivity contribution in [3.05, 3.63) is 83.7 Å². The van der Waals surface area contributed by atoms with Crippen LogP contribution in [-0.4, -0.2) is 53.7 Å². The van der Waals surface area contributed by atoms with E-state index in [4.69, 9.17) is 4.74 Å². The summed E-state index contributed by atoms with van der Waals surface area (Å²) in [4.78, 5) is 18.3. The SMILES string of the molecule is CNC(=O)c1cncc(-c2cccc(OCC(O)CN3CCc4ccccc4C3)c2)c1. The van der Waals surface area contributed by atoms with Crippen LogP contribution >= 0.6 is 0 Å². The monoisotopic (exact) mass is 417 g/mol. The fourth-order valence-corrected chi connectivity index (χ4v) is 3.88. The molecule has 31 heavy (non-hydrogen) atoms. The summed E-state index contributed by atoms with van der Waals surface area (Å²) in [6.07, 6.45) is 3.69. The van der Waals surface area contributed by atoms with Gasteiger partial charge in [0.2, 0.25) is 0 Å². The first-order valence-electron chi connectivity index (χ1n) is 10.5. The van der Waals surface area contributed by atoms with Crippen molar-refractivity contribution in [2.24, 2.45) is 0 Å². The molecule has 1 aliphatic rings. The average molecular weight is 418 g/mol. The Bertz CT molecular complexity index is 1050. The number of nitrogens with zero attached hydrogens (tertiary/aromatic N) is 2. The van der Waals surface area contributed by atoms with E-state index in [2.05, 4.69) is 39.5 Å². The molecule has 3 aromatic rings. The van der Waals surface area contributed by atoms with Crippen LogP contribution in [0.3, 0.4) is 0 Å². The van der Waals surface area contributed by atoms with Crippen molar-refractivity contribution in [2.75, 3.05) is 26.7 Å². The van der Waals surface area contributed by atoms with Crippen LogP contribution in [0.1, 0.15) is 21.5 Å². The lowest BCUT2D eigenvalue weighted by atomic mass is 10.00. The lowest BCUT2D eigenvalue weighted by Gasteiger charge is -2.30. The molecule has 0 fully saturated rings. The number of nitrogens with one attached hydrogen (secondary N) is 1. The van der Waals surface area contributed by atoms with Crippen molar-refractivity contribution in [2.45, 2.75) is 19.1 Å². The first kappa shape index (κ1) is 21.0. The molecule has 2 N–H and O–H groups in total. The molecule has 1 unspecified atom stereocenters. The number of carbonyl (C=O) groups is 1. The second-order valence-corrected chi connectivity index (χ2v) is 7.79. The molecule has 2 aromatic carbocycles. The molecule has 0 saturated carbocycles. The molecule has 0 bridgehead atoms. The van der Waals surface area contributed by atoms with Gasteiger partial charge in [0.25, 0.3) is 5.91 Å². The number of carbonyl (C=O) groups excluding carboxylic acids is 1. The second-order valence-electron chi connectivity index (χ2n) is 7.79. The number of aliphatic hydroxyl groups excluding tert-OH is 1. The molecular formula is C25H27N3O3. The number of aromatic nitrogens is 1. The number of ether oxygens (including phenoxy) is 1. The van der Waals surface area contributed by atoms with Crippen LogP contribution in [-0.2, 0) is 13.0 Å². The highest BCUT2D eigenvalue weighted by atomic mass is 16.5. The van der Waals surface area contributed by atoms with Crippen LogP contribution in [0.5, 0.6) is 5.75 Å². The van der Waals surface area contributed by atoms with Crippen molar-refractivity contribution in [1.82, 2.24) is 15.2 Å². The lowest BCUT2D eigenvalue weighted by molar-refractivity contribution is 0.0638. The molecule has 0 saturated heterocycles. The van der Waals surface area contributed by atoms with E-state index in [1.165, 1.54) is 17.3 Å². The Morgan fingerprint density at radius 2 is 1.97 bits per heavy atom. The normalized spacial score (nSPS) is 14.5. The van der Waals surface area contributed by atoms with Crippen molar-refractivity contribution < 1.29 is 14.6 Å². The van der Waals surface area contributed by atoms with Gasteiger partial charge in [0.1, 0.15) is 18.5 Å². The zero-order chi connectivity index (χ0) is 21.6. The van der Waals surface area contributed by atoms with Crippen LogP contribution in [0.25, 0.3) is 11.1 Å². The number of rotatable bonds is 7. The number of pyridine rings is 1. The van der Waals surface area contributed by atoms with Gasteiger partial charge >= 0.3 is 0 Å². The number of fused-ring (bicyclic) bond motifs is 1. The van der Waals surface area contributed by atoms with Crippen LogP contribution in [0.15, 0.2) is 67.0 Å². The Hall–Kier alpha value is -3.22. The summed E-state index contributed by atoms with van der Waals surface area (Å²) in [5, 5.41) is 13.1. The van der Waals surface area contributed by atoms with Crippen molar-refractivity contribution >= 4 is 5.91 Å². The summed E-state index contributed by atoms with van der Waals surface area (Å²) in [6.45, 7) is 2.60. The fourth-order valence-electron chi connectivity index (χ4n) is 3.88. The van der Waals surface area contributed by atoms with Crippen molar-refractivity contribution in [3.63, 3.8) is 0 Å². The van der Waals surface area contributed by atoms with Gasteiger partial charge in [-0.2, -0.15) is 0 Å². The third kappa shape index (κ3) is 5.29. The van der Waals surface area contributed by atoms with Crippen LogP contribution in [0.2, 0.25) is 0 Å². The molecule has 0 spiro atoms. The molecule has 1 aromatic heterocycles. The Morgan fingerprint density at radius 3 is 2.81 bits per heavy atom. The maximum absolute atomic E-state index is 11.9. The van der Waals surface area contributed by atoms with E-state index < -0.39 is 6.10 Å². The molecule has 0 radical (unpaired) electrons. The minimum atomic E-state index is -0.577. The molecule has 0 aliphatic carbocycles. The van der Waals surface area contributed by atoms with Gasteiger partial charge in [-0.05, 0) is 41.3 Å². The highest BCUT2D eigenvalue weighted by molar-refractivity contribution is 5.94. The van der Waals surface area contributed by atoms with Crippen LogP contribution in [0.4, 0.5) is 0 Å². The summed E-state index contributed by atoms with van der Waals surface area (Å²) >= 11 is 0. The van der Waals surface area contributed by atoms with Gasteiger partial charge in [-0.1, -0.05) is 36.4 Å². The highest BCUT2D eigenvalue weighted by Crippen LogP contribution is 2.24. The predicted molar refractivity (Wildman–Crippen MR) is 120 cm³/mol. The van der Waals surface area contributed by atoms with E-state index >= 15 is 0 Å². The van der Waals surface area contributed by atoms with Crippen LogP contribution < -0.4 is 10.1 Å².